The van der Waals surface area contributed by atoms with Crippen LogP contribution >= 0.6 is 0 Å². The highest BCUT2D eigenvalue weighted by atomic mass is 32.2. The van der Waals surface area contributed by atoms with E-state index in [1.54, 1.807) is 0 Å². The van der Waals surface area contributed by atoms with Gasteiger partial charge in [0.25, 0.3) is 0 Å². The minimum absolute atomic E-state index is 0.160. The first-order chi connectivity index (χ1) is 7.32. The highest BCUT2D eigenvalue weighted by Crippen LogP contribution is 2.24. The van der Waals surface area contributed by atoms with Crippen molar-refractivity contribution in [2.45, 2.75) is 44.4 Å². The smallest absolute Gasteiger partial charge is 0.191 e. The fourth-order valence-electron chi connectivity index (χ4n) is 1.31. The molecule has 1 aliphatic rings. The molecule has 0 amide bonds. The lowest BCUT2D eigenvalue weighted by Crippen LogP contribution is -2.36. The Morgan fingerprint density at radius 3 is 2.50 bits per heavy atom. The first-order valence-electron chi connectivity index (χ1n) is 5.73. The van der Waals surface area contributed by atoms with Crippen LogP contribution in [0.3, 0.4) is 0 Å². The number of rotatable bonds is 4. The van der Waals surface area contributed by atoms with E-state index in [1.165, 1.54) is 12.8 Å². The van der Waals surface area contributed by atoms with Crippen LogP contribution in [0.15, 0.2) is 4.99 Å². The first-order valence-corrected chi connectivity index (χ1v) is 7.05. The lowest BCUT2D eigenvalue weighted by atomic mass is 10.3. The van der Waals surface area contributed by atoms with E-state index in [2.05, 4.69) is 4.99 Å². The molecule has 1 saturated carbocycles. The van der Waals surface area contributed by atoms with E-state index in [0.717, 1.165) is 0 Å². The van der Waals surface area contributed by atoms with Crippen LogP contribution < -0.4 is 5.73 Å². The Morgan fingerprint density at radius 2 is 2.06 bits per heavy atom. The van der Waals surface area contributed by atoms with E-state index in [-0.39, 0.29) is 4.75 Å². The summed E-state index contributed by atoms with van der Waals surface area (Å²) in [5.74, 6) is 1.16. The van der Waals surface area contributed by atoms with E-state index in [9.17, 15) is 4.21 Å². The molecule has 0 bridgehead atoms. The van der Waals surface area contributed by atoms with Crippen molar-refractivity contribution < 1.29 is 4.21 Å². The number of nitrogens with two attached hydrogens (primary N) is 1. The molecule has 2 N–H and O–H groups in total. The van der Waals surface area contributed by atoms with Crippen LogP contribution in [-0.2, 0) is 10.8 Å². The Hall–Kier alpha value is -0.580. The predicted octanol–water partition coefficient (Wildman–Crippen LogP) is 0.942. The maximum absolute atomic E-state index is 11.7. The summed E-state index contributed by atoms with van der Waals surface area (Å²) in [4.78, 5) is 6.28. The second-order valence-corrected chi connectivity index (χ2v) is 7.57. The van der Waals surface area contributed by atoms with Crippen molar-refractivity contribution >= 4 is 16.8 Å². The van der Waals surface area contributed by atoms with Gasteiger partial charge >= 0.3 is 0 Å². The molecular weight excluding hydrogens is 222 g/mol. The topological polar surface area (TPSA) is 58.7 Å². The molecule has 0 radical (unpaired) electrons. The van der Waals surface area contributed by atoms with E-state index >= 15 is 0 Å². The van der Waals surface area contributed by atoms with Crippen molar-refractivity contribution in [1.29, 1.82) is 0 Å². The van der Waals surface area contributed by atoms with E-state index < -0.39 is 10.8 Å². The minimum Gasteiger partial charge on any atom is -0.370 e. The van der Waals surface area contributed by atoms with Gasteiger partial charge < -0.3 is 10.6 Å². The van der Waals surface area contributed by atoms with Crippen LogP contribution in [0.2, 0.25) is 0 Å². The second kappa shape index (κ2) is 5.17. The monoisotopic (exact) mass is 245 g/mol. The average Bonchev–Trinajstić information content (AvgIpc) is 2.97. The van der Waals surface area contributed by atoms with Gasteiger partial charge in [-0.3, -0.25) is 9.20 Å². The molecule has 0 heterocycles. The SMILES string of the molecule is CN(C(N)=NCCS(=O)C(C)(C)C)C1CC1. The molecule has 5 heteroatoms. The van der Waals surface area contributed by atoms with Gasteiger partial charge in [-0.05, 0) is 33.6 Å². The van der Waals surface area contributed by atoms with Gasteiger partial charge in [-0.25, -0.2) is 0 Å². The molecule has 1 rings (SSSR count). The summed E-state index contributed by atoms with van der Waals surface area (Å²) >= 11 is 0. The molecule has 1 fully saturated rings. The van der Waals surface area contributed by atoms with Crippen molar-refractivity contribution in [1.82, 2.24) is 4.90 Å². The number of aliphatic imine (C=N–C) groups is 1. The van der Waals surface area contributed by atoms with Crippen LogP contribution in [0.5, 0.6) is 0 Å². The van der Waals surface area contributed by atoms with E-state index in [4.69, 9.17) is 5.73 Å². The van der Waals surface area contributed by atoms with Crippen molar-refractivity contribution in [3.8, 4) is 0 Å². The Morgan fingerprint density at radius 1 is 1.50 bits per heavy atom. The summed E-state index contributed by atoms with van der Waals surface area (Å²) in [6.45, 7) is 6.48. The molecule has 0 saturated heterocycles. The molecule has 4 nitrogen and oxygen atoms in total. The van der Waals surface area contributed by atoms with Crippen molar-refractivity contribution in [3.63, 3.8) is 0 Å². The van der Waals surface area contributed by atoms with Gasteiger partial charge in [0.2, 0.25) is 0 Å². The molecular formula is C11H23N3OS. The summed E-state index contributed by atoms with van der Waals surface area (Å²) in [5, 5.41) is 0. The molecule has 0 spiro atoms. The van der Waals surface area contributed by atoms with Gasteiger partial charge in [-0.1, -0.05) is 0 Å². The van der Waals surface area contributed by atoms with E-state index in [1.807, 2.05) is 32.7 Å². The number of hydrogen-bond acceptors (Lipinski definition) is 2. The maximum atomic E-state index is 11.7. The van der Waals surface area contributed by atoms with Gasteiger partial charge in [0.15, 0.2) is 5.96 Å². The third-order valence-corrected chi connectivity index (χ3v) is 4.61. The molecule has 94 valence electrons. The lowest BCUT2D eigenvalue weighted by Gasteiger charge is -2.18. The van der Waals surface area contributed by atoms with Crippen LogP contribution in [0.4, 0.5) is 0 Å². The highest BCUT2D eigenvalue weighted by molar-refractivity contribution is 7.86. The molecule has 0 aromatic rings. The van der Waals surface area contributed by atoms with Gasteiger partial charge in [-0.15, -0.1) is 0 Å². The molecule has 0 aromatic heterocycles. The Bertz CT molecular complexity index is 292. The van der Waals surface area contributed by atoms with Crippen molar-refractivity contribution in [2.24, 2.45) is 10.7 Å². The fraction of sp³-hybridized carbons (Fsp3) is 0.909. The normalized spacial score (nSPS) is 19.6. The predicted molar refractivity (Wildman–Crippen MR) is 70.0 cm³/mol. The van der Waals surface area contributed by atoms with Crippen molar-refractivity contribution in [3.05, 3.63) is 0 Å². The van der Waals surface area contributed by atoms with Crippen molar-refractivity contribution in [2.75, 3.05) is 19.3 Å². The third kappa shape index (κ3) is 4.12. The number of guanidine groups is 1. The second-order valence-electron chi connectivity index (χ2n) is 5.24. The zero-order valence-corrected chi connectivity index (χ0v) is 11.5. The summed E-state index contributed by atoms with van der Waals surface area (Å²) in [6.07, 6.45) is 2.42. The molecule has 0 aromatic carbocycles. The summed E-state index contributed by atoms with van der Waals surface area (Å²) < 4.78 is 11.6. The molecule has 16 heavy (non-hydrogen) atoms. The van der Waals surface area contributed by atoms with Crippen LogP contribution in [0, 0.1) is 0 Å². The Kier molecular flexibility index (Phi) is 4.35. The Balaban J connectivity index is 2.33. The van der Waals surface area contributed by atoms with Gasteiger partial charge in [-0.2, -0.15) is 0 Å². The van der Waals surface area contributed by atoms with Crippen LogP contribution in [0.25, 0.3) is 0 Å². The molecule has 1 atom stereocenters. The zero-order valence-electron chi connectivity index (χ0n) is 10.7. The quantitative estimate of drug-likeness (QED) is 0.592. The lowest BCUT2D eigenvalue weighted by molar-refractivity contribution is 0.488. The first kappa shape index (κ1) is 13.5. The highest BCUT2D eigenvalue weighted by Gasteiger charge is 2.27. The van der Waals surface area contributed by atoms with Gasteiger partial charge in [0.1, 0.15) is 0 Å². The Labute approximate surface area is 101 Å². The maximum Gasteiger partial charge on any atom is 0.191 e. The average molecular weight is 245 g/mol. The largest absolute Gasteiger partial charge is 0.370 e. The van der Waals surface area contributed by atoms with Crippen LogP contribution in [-0.4, -0.2) is 45.2 Å². The number of nitrogens with zero attached hydrogens (tertiary/aromatic N) is 2. The zero-order chi connectivity index (χ0) is 12.3. The van der Waals surface area contributed by atoms with Gasteiger partial charge in [0.05, 0.1) is 6.54 Å². The summed E-state index contributed by atoms with van der Waals surface area (Å²) in [5.41, 5.74) is 5.83. The molecule has 1 aliphatic carbocycles. The standard InChI is InChI=1S/C11H23N3OS/c1-11(2,3)16(15)8-7-13-10(12)14(4)9-5-6-9/h9H,5-8H2,1-4H3,(H2,12,13). The molecule has 0 aliphatic heterocycles. The third-order valence-electron chi connectivity index (χ3n) is 2.69. The summed E-state index contributed by atoms with van der Waals surface area (Å²) in [6, 6.07) is 0.580. The fourth-order valence-corrected chi connectivity index (χ4v) is 2.18. The minimum atomic E-state index is -0.843. The summed E-state index contributed by atoms with van der Waals surface area (Å²) in [7, 11) is 1.13. The van der Waals surface area contributed by atoms with Gasteiger partial charge in [0, 0.05) is 34.4 Å². The van der Waals surface area contributed by atoms with E-state index in [0.29, 0.717) is 24.3 Å². The number of hydrogen-bond donors (Lipinski definition) is 1. The molecule has 1 unspecified atom stereocenters. The van der Waals surface area contributed by atoms with Crippen LogP contribution in [0.1, 0.15) is 33.6 Å².